The predicted molar refractivity (Wildman–Crippen MR) is 330 cm³/mol. The van der Waals surface area contributed by atoms with Crippen molar-refractivity contribution in [3.63, 3.8) is 0 Å². The van der Waals surface area contributed by atoms with Crippen molar-refractivity contribution in [2.75, 3.05) is 0 Å². The van der Waals surface area contributed by atoms with Gasteiger partial charge in [-0.15, -0.1) is 0 Å². The molecule has 522 valence electrons. The van der Waals surface area contributed by atoms with Crippen molar-refractivity contribution >= 4 is 0 Å². The van der Waals surface area contributed by atoms with Crippen LogP contribution in [0.1, 0.15) is 116 Å². The van der Waals surface area contributed by atoms with Gasteiger partial charge in [0.15, 0.2) is 0 Å². The lowest BCUT2D eigenvalue weighted by Gasteiger charge is -2.86. The molecule has 0 aromatic heterocycles. The molecule has 56 unspecified atom stereocenters. The molecule has 0 aromatic carbocycles. The van der Waals surface area contributed by atoms with Gasteiger partial charge in [-0.1, -0.05) is 25.7 Å². The fourth-order valence-electron chi connectivity index (χ4n) is 46.2. The lowest BCUT2D eigenvalue weighted by Crippen LogP contribution is -2.86. The van der Waals surface area contributed by atoms with Crippen LogP contribution in [0.25, 0.3) is 0 Å². The van der Waals surface area contributed by atoms with Crippen molar-refractivity contribution in [2.45, 2.75) is 190 Å². The molecule has 12 heteroatoms. The highest BCUT2D eigenvalue weighted by atomic mass is 19.2. The second-order valence-electron chi connectivity index (χ2n) is 43.4. The van der Waals surface area contributed by atoms with Crippen LogP contribution in [0.4, 0.5) is 52.7 Å². The van der Waals surface area contributed by atoms with Crippen molar-refractivity contribution in [1.82, 2.24) is 0 Å². The Bertz CT molecular complexity index is 3200. The molecular weight excluding hydrogens is 1240 g/mol. The first-order chi connectivity index (χ1) is 46.8. The quantitative estimate of drug-likeness (QED) is 0.212. The fraction of sp³-hybridized carbons (Fsp3) is 1.00. The number of halogens is 12. The molecule has 0 spiro atoms. The zero-order chi connectivity index (χ0) is 62.8. The molecular formula is C84H102F12. The van der Waals surface area contributed by atoms with E-state index in [9.17, 15) is 0 Å². The maximum Gasteiger partial charge on any atom is 0.135 e. The maximum atomic E-state index is 19.8. The van der Waals surface area contributed by atoms with E-state index in [-0.39, 0.29) is 54.8 Å². The molecule has 0 amide bonds. The van der Waals surface area contributed by atoms with Crippen LogP contribution in [-0.2, 0) is 0 Å². The Morgan fingerprint density at radius 3 is 0.635 bits per heavy atom. The largest absolute Gasteiger partial charge is 0.244 e. The number of hydrogen-bond acceptors (Lipinski definition) is 0. The van der Waals surface area contributed by atoms with Crippen LogP contribution in [0, 0.1) is 320 Å². The average molecular weight is 1340 g/mol. The van der Waals surface area contributed by atoms with Gasteiger partial charge in [-0.3, -0.25) is 0 Å². The summed E-state index contributed by atoms with van der Waals surface area (Å²) in [5.74, 6) is -7.36. The summed E-state index contributed by atoms with van der Waals surface area (Å²) in [5.41, 5.74) is 0. The Kier molecular flexibility index (Phi) is 10.4. The van der Waals surface area contributed by atoms with E-state index in [0.29, 0.717) is 59.2 Å². The molecule has 0 aromatic rings. The number of fused-ring (bicyclic) bond motifs is 10. The van der Waals surface area contributed by atoms with Gasteiger partial charge in [0.1, 0.15) is 74.1 Å². The van der Waals surface area contributed by atoms with Crippen molar-refractivity contribution in [1.29, 1.82) is 0 Å². The normalized spacial score (nSPS) is 79.1. The SMILES string of the molecule is FC1CC2CC3CC(F)C(F)C4C3C3C2C(C1F)C1C(F)C(F)C2C5C(F)C(F)C6C7CCC8C9CCC%10C%11CCCC%12CC%13CCCC%14C%15CCC%16C%17CCC%18C%19C(F)C(F)C%20C%21C(F)C(F)C4C4C%21C(C2C1C34)C1C5C6C(C2C7C8C(C%17C%182)C2C9C%10C(C%15C%162)C(C%12%11)C%13%14)C%19C%201. The Morgan fingerprint density at radius 2 is 0.323 bits per heavy atom. The van der Waals surface area contributed by atoms with Gasteiger partial charge >= 0.3 is 0 Å². The summed E-state index contributed by atoms with van der Waals surface area (Å²) in [7, 11) is 0. The number of alkyl halides is 12. The van der Waals surface area contributed by atoms with Crippen molar-refractivity contribution in [2.24, 2.45) is 320 Å². The zero-order valence-corrected chi connectivity index (χ0v) is 55.4. The summed E-state index contributed by atoms with van der Waals surface area (Å²) in [6.45, 7) is 0. The minimum Gasteiger partial charge on any atom is -0.244 e. The van der Waals surface area contributed by atoms with Gasteiger partial charge in [-0.05, 0) is 362 Å². The Hall–Kier alpha value is -0.840. The summed E-state index contributed by atoms with van der Waals surface area (Å²) in [6, 6.07) is 0. The third kappa shape index (κ3) is 5.50. The van der Waals surface area contributed by atoms with Crippen LogP contribution < -0.4 is 0 Å². The first kappa shape index (κ1) is 56.5. The third-order valence-corrected chi connectivity index (χ3v) is 44.6. The van der Waals surface area contributed by atoms with Gasteiger partial charge in [0.05, 0.1) is 0 Å². The zero-order valence-electron chi connectivity index (χ0n) is 55.4. The third-order valence-electron chi connectivity index (χ3n) is 44.6. The molecule has 0 nitrogen and oxygen atoms in total. The molecule has 0 N–H and O–H groups in total. The monoisotopic (exact) mass is 1340 g/mol. The Morgan fingerprint density at radius 1 is 0.125 bits per heavy atom. The lowest BCUT2D eigenvalue weighted by atomic mass is 9.18. The van der Waals surface area contributed by atoms with Crippen molar-refractivity contribution < 1.29 is 52.7 Å². The predicted octanol–water partition coefficient (Wildman–Crippen LogP) is 17.7. The molecule has 0 aliphatic heterocycles. The van der Waals surface area contributed by atoms with E-state index in [4.69, 9.17) is 0 Å². The summed E-state index contributed by atoms with van der Waals surface area (Å²) in [4.78, 5) is 0. The van der Waals surface area contributed by atoms with Gasteiger partial charge in [0, 0.05) is 47.3 Å². The molecule has 0 saturated heterocycles. The van der Waals surface area contributed by atoms with Crippen molar-refractivity contribution in [3.05, 3.63) is 0 Å². The molecule has 28 aliphatic rings. The highest BCUT2D eigenvalue weighted by Crippen LogP contribution is 2.91. The Balaban J connectivity index is 0.653. The van der Waals surface area contributed by atoms with Gasteiger partial charge in [-0.25, -0.2) is 52.7 Å². The van der Waals surface area contributed by atoms with Gasteiger partial charge in [0.25, 0.3) is 0 Å². The standard InChI is InChI=1S/C84H102F12/c85-33-17-21-16-22-18-34(86)76(88)68-38(22)50-37(21)67(75(33)87)69-63-57(50)64-66-60-59-61-55-47(77(89)79(91)71(61)73(65(60)63)83(95)81(69)93)31-13-11-29-27-9-7-25-23-5-1-3-19-15-20-4-2-6-24-26-8-10-28-30-12-14-32-46-44(30)53(52-41(27)39(25)51(40(26)42(28)52)49(35(19)23)36(20)24)43(29)45(31)54(46)58(55)56-48(32)78(90)80(92)72(62(56)59)74(66)84(96)82(94)70(64)68/h19-84H,1-18H2. The molecule has 56 atom stereocenters. The van der Waals surface area contributed by atoms with E-state index < -0.39 is 228 Å². The lowest BCUT2D eigenvalue weighted by molar-refractivity contribution is -0.411. The average Bonchev–Trinajstić information content (AvgIpc) is 0.628. The van der Waals surface area contributed by atoms with Gasteiger partial charge < -0.3 is 0 Å². The summed E-state index contributed by atoms with van der Waals surface area (Å²) in [5, 5.41) is 0. The molecule has 28 rings (SSSR count). The van der Waals surface area contributed by atoms with E-state index in [1.165, 1.54) is 70.6 Å². The topological polar surface area (TPSA) is 0 Å². The van der Waals surface area contributed by atoms with Crippen LogP contribution in [0.2, 0.25) is 0 Å². The van der Waals surface area contributed by atoms with Gasteiger partial charge in [-0.2, -0.15) is 0 Å². The summed E-state index contributed by atoms with van der Waals surface area (Å²) >= 11 is 0. The fourth-order valence-corrected chi connectivity index (χ4v) is 46.2. The number of rotatable bonds is 0. The Labute approximate surface area is 559 Å². The molecule has 96 heavy (non-hydrogen) atoms. The second kappa shape index (κ2) is 17.7. The molecule has 28 aliphatic carbocycles. The van der Waals surface area contributed by atoms with E-state index >= 15 is 52.7 Å². The molecule has 0 bridgehead atoms. The first-order valence-electron chi connectivity index (χ1n) is 42.5. The molecule has 0 heterocycles. The van der Waals surface area contributed by atoms with Crippen LogP contribution in [-0.4, -0.2) is 74.1 Å². The second-order valence-corrected chi connectivity index (χ2v) is 43.4. The van der Waals surface area contributed by atoms with E-state index in [0.717, 1.165) is 96.7 Å². The van der Waals surface area contributed by atoms with Gasteiger partial charge in [0.2, 0.25) is 0 Å². The molecule has 28 saturated carbocycles. The smallest absolute Gasteiger partial charge is 0.135 e. The van der Waals surface area contributed by atoms with E-state index in [2.05, 4.69) is 0 Å². The first-order valence-corrected chi connectivity index (χ1v) is 42.5. The van der Waals surface area contributed by atoms with Crippen LogP contribution >= 0.6 is 0 Å². The summed E-state index contributed by atoms with van der Waals surface area (Å²) < 4.78 is 225. The van der Waals surface area contributed by atoms with Crippen LogP contribution in [0.5, 0.6) is 0 Å². The van der Waals surface area contributed by atoms with Crippen LogP contribution in [0.3, 0.4) is 0 Å². The molecule has 28 fully saturated rings. The van der Waals surface area contributed by atoms with Crippen molar-refractivity contribution in [3.8, 4) is 0 Å². The highest BCUT2D eigenvalue weighted by Gasteiger charge is 2.90. The van der Waals surface area contributed by atoms with E-state index in [1.54, 1.807) is 0 Å². The van der Waals surface area contributed by atoms with Crippen LogP contribution in [0.15, 0.2) is 0 Å². The maximum absolute atomic E-state index is 19.8. The highest BCUT2D eigenvalue weighted by molar-refractivity contribution is 5.37. The summed E-state index contributed by atoms with van der Waals surface area (Å²) in [6.07, 6.45) is -6.67. The van der Waals surface area contributed by atoms with E-state index in [1.807, 2.05) is 0 Å². The molecule has 0 radical (unpaired) electrons. The minimum atomic E-state index is -2.33. The minimum absolute atomic E-state index is 0.0837. The number of hydrogen-bond donors (Lipinski definition) is 0.